The highest BCUT2D eigenvalue weighted by Gasteiger charge is 2.29. The lowest BCUT2D eigenvalue weighted by Gasteiger charge is -2.07. The minimum Gasteiger partial charge on any atom is -0.310 e. The van der Waals surface area contributed by atoms with Crippen LogP contribution in [0.1, 0.15) is 12.8 Å². The average molecular weight is 342 g/mol. The lowest BCUT2D eigenvalue weighted by Crippen LogP contribution is -2.14. The first-order valence-corrected chi connectivity index (χ1v) is 8.00. The van der Waals surface area contributed by atoms with E-state index >= 15 is 0 Å². The summed E-state index contributed by atoms with van der Waals surface area (Å²) >= 11 is 6.14. The van der Waals surface area contributed by atoms with E-state index in [1.807, 2.05) is 6.07 Å². The molecule has 4 nitrogen and oxygen atoms in total. The number of anilines is 1. The first kappa shape index (κ1) is 15.0. The Morgan fingerprint density at radius 3 is 2.79 bits per heavy atom. The number of carbonyl (C=O) groups excluding carboxylic acids is 1. The number of hydrogen-bond donors (Lipinski definition) is 1. The van der Waals surface area contributed by atoms with E-state index < -0.39 is 0 Å². The number of aromatic nitrogens is 2. The molecule has 2 aromatic heterocycles. The molecule has 24 heavy (non-hydrogen) atoms. The van der Waals surface area contributed by atoms with E-state index in [0.29, 0.717) is 27.5 Å². The fraction of sp³-hybridized carbons (Fsp3) is 0.167. The van der Waals surface area contributed by atoms with E-state index in [4.69, 9.17) is 11.6 Å². The van der Waals surface area contributed by atoms with E-state index in [-0.39, 0.29) is 17.6 Å². The van der Waals surface area contributed by atoms with Gasteiger partial charge in [-0.1, -0.05) is 11.6 Å². The molecule has 0 atom stereocenters. The molecule has 1 N–H and O–H groups in total. The standard InChI is InChI=1S/C18H13ClFN3O/c19-15-4-3-13(20)6-14(15)11-5-12-9-22-17(7-16(12)21-8-11)23-18(24)10-1-2-10/h3-10H,1-2H2,(H,22,23,24). The topological polar surface area (TPSA) is 54.9 Å². The Morgan fingerprint density at radius 2 is 2.00 bits per heavy atom. The molecule has 1 aliphatic carbocycles. The predicted octanol–water partition coefficient (Wildman–Crippen LogP) is 4.44. The number of halogens is 2. The van der Waals surface area contributed by atoms with Crippen LogP contribution >= 0.6 is 11.6 Å². The van der Waals surface area contributed by atoms with Gasteiger partial charge in [0.2, 0.25) is 5.91 Å². The van der Waals surface area contributed by atoms with Crippen LogP contribution in [0.5, 0.6) is 0 Å². The summed E-state index contributed by atoms with van der Waals surface area (Å²) in [6, 6.07) is 7.79. The molecule has 0 spiro atoms. The summed E-state index contributed by atoms with van der Waals surface area (Å²) in [5.41, 5.74) is 1.99. The van der Waals surface area contributed by atoms with Crippen LogP contribution in [0.2, 0.25) is 5.02 Å². The lowest BCUT2D eigenvalue weighted by atomic mass is 10.1. The van der Waals surface area contributed by atoms with Crippen molar-refractivity contribution in [2.45, 2.75) is 12.8 Å². The Hall–Kier alpha value is -2.53. The fourth-order valence-electron chi connectivity index (χ4n) is 2.53. The van der Waals surface area contributed by atoms with Crippen molar-refractivity contribution in [3.63, 3.8) is 0 Å². The minimum atomic E-state index is -0.356. The summed E-state index contributed by atoms with van der Waals surface area (Å²) in [5.74, 6) is 0.257. The van der Waals surface area contributed by atoms with Crippen LogP contribution in [0.25, 0.3) is 22.0 Å². The molecule has 1 fully saturated rings. The summed E-state index contributed by atoms with van der Waals surface area (Å²) < 4.78 is 13.5. The molecule has 1 aliphatic rings. The highest BCUT2D eigenvalue weighted by Crippen LogP contribution is 2.31. The van der Waals surface area contributed by atoms with Crippen molar-refractivity contribution in [2.24, 2.45) is 5.92 Å². The van der Waals surface area contributed by atoms with Gasteiger partial charge in [-0.3, -0.25) is 9.78 Å². The maximum Gasteiger partial charge on any atom is 0.228 e. The summed E-state index contributed by atoms with van der Waals surface area (Å²) in [7, 11) is 0. The summed E-state index contributed by atoms with van der Waals surface area (Å²) in [5, 5.41) is 4.04. The molecule has 1 aromatic carbocycles. The summed E-state index contributed by atoms with van der Waals surface area (Å²) in [6.07, 6.45) is 5.15. The molecule has 3 aromatic rings. The number of carbonyl (C=O) groups is 1. The van der Waals surface area contributed by atoms with Crippen LogP contribution in [0.3, 0.4) is 0 Å². The minimum absolute atomic E-state index is 0.00464. The SMILES string of the molecule is O=C(Nc1cc2ncc(-c3cc(F)ccc3Cl)cc2cn1)C1CC1. The van der Waals surface area contributed by atoms with E-state index in [1.54, 1.807) is 18.5 Å². The summed E-state index contributed by atoms with van der Waals surface area (Å²) in [4.78, 5) is 20.4. The van der Waals surface area contributed by atoms with Gasteiger partial charge in [-0.15, -0.1) is 0 Å². The second-order valence-corrected chi connectivity index (χ2v) is 6.28. The molecule has 1 amide bonds. The summed E-state index contributed by atoms with van der Waals surface area (Å²) in [6.45, 7) is 0. The van der Waals surface area contributed by atoms with E-state index in [1.165, 1.54) is 18.2 Å². The van der Waals surface area contributed by atoms with Crippen molar-refractivity contribution >= 4 is 34.2 Å². The number of rotatable bonds is 3. The van der Waals surface area contributed by atoms with Crippen molar-refractivity contribution < 1.29 is 9.18 Å². The van der Waals surface area contributed by atoms with Gasteiger partial charge in [0.1, 0.15) is 11.6 Å². The molecule has 4 rings (SSSR count). The fourth-order valence-corrected chi connectivity index (χ4v) is 2.76. The van der Waals surface area contributed by atoms with Crippen molar-refractivity contribution in [2.75, 3.05) is 5.32 Å². The first-order valence-electron chi connectivity index (χ1n) is 7.62. The Balaban J connectivity index is 1.68. The first-order chi connectivity index (χ1) is 11.6. The number of hydrogen-bond acceptors (Lipinski definition) is 3. The number of nitrogens with one attached hydrogen (secondary N) is 1. The zero-order chi connectivity index (χ0) is 16.7. The molecule has 0 radical (unpaired) electrons. The monoisotopic (exact) mass is 341 g/mol. The number of benzene rings is 1. The zero-order valence-electron chi connectivity index (χ0n) is 12.6. The van der Waals surface area contributed by atoms with Crippen molar-refractivity contribution in [1.82, 2.24) is 9.97 Å². The number of pyridine rings is 2. The van der Waals surface area contributed by atoms with Gasteiger partial charge < -0.3 is 5.32 Å². The molecule has 0 aliphatic heterocycles. The van der Waals surface area contributed by atoms with Gasteiger partial charge >= 0.3 is 0 Å². The van der Waals surface area contributed by atoms with Crippen LogP contribution in [0, 0.1) is 11.7 Å². The van der Waals surface area contributed by atoms with Gasteiger partial charge in [0, 0.05) is 45.9 Å². The normalized spacial score (nSPS) is 13.9. The van der Waals surface area contributed by atoms with E-state index in [2.05, 4.69) is 15.3 Å². The van der Waals surface area contributed by atoms with E-state index in [9.17, 15) is 9.18 Å². The largest absolute Gasteiger partial charge is 0.310 e. The smallest absolute Gasteiger partial charge is 0.228 e. The highest BCUT2D eigenvalue weighted by molar-refractivity contribution is 6.33. The van der Waals surface area contributed by atoms with Gasteiger partial charge in [0.05, 0.1) is 5.52 Å². The van der Waals surface area contributed by atoms with Gasteiger partial charge in [-0.2, -0.15) is 0 Å². The second kappa shape index (κ2) is 5.83. The Morgan fingerprint density at radius 1 is 1.17 bits per heavy atom. The van der Waals surface area contributed by atoms with Crippen LogP contribution < -0.4 is 5.32 Å². The van der Waals surface area contributed by atoms with Gasteiger partial charge in [0.15, 0.2) is 0 Å². The third kappa shape index (κ3) is 2.95. The molecule has 120 valence electrons. The molecular weight excluding hydrogens is 329 g/mol. The van der Waals surface area contributed by atoms with Crippen molar-refractivity contribution in [3.05, 3.63) is 53.6 Å². The maximum absolute atomic E-state index is 13.5. The van der Waals surface area contributed by atoms with E-state index in [0.717, 1.165) is 18.2 Å². The molecule has 2 heterocycles. The quantitative estimate of drug-likeness (QED) is 0.766. The number of amides is 1. The molecule has 1 saturated carbocycles. The average Bonchev–Trinajstić information content (AvgIpc) is 3.42. The maximum atomic E-state index is 13.5. The predicted molar refractivity (Wildman–Crippen MR) is 91.3 cm³/mol. The molecule has 0 bridgehead atoms. The second-order valence-electron chi connectivity index (χ2n) is 5.87. The van der Waals surface area contributed by atoms with Gasteiger partial charge in [-0.25, -0.2) is 9.37 Å². The molecule has 6 heteroatoms. The van der Waals surface area contributed by atoms with Crippen LogP contribution in [0.15, 0.2) is 42.7 Å². The zero-order valence-corrected chi connectivity index (χ0v) is 13.3. The number of nitrogens with zero attached hydrogens (tertiary/aromatic N) is 2. The van der Waals surface area contributed by atoms with Gasteiger partial charge in [-0.05, 0) is 37.1 Å². The van der Waals surface area contributed by atoms with Crippen molar-refractivity contribution in [1.29, 1.82) is 0 Å². The number of fused-ring (bicyclic) bond motifs is 1. The van der Waals surface area contributed by atoms with Gasteiger partial charge in [0.25, 0.3) is 0 Å². The third-order valence-corrected chi connectivity index (χ3v) is 4.33. The van der Waals surface area contributed by atoms with Crippen LogP contribution in [-0.4, -0.2) is 15.9 Å². The Labute approximate surface area is 142 Å². The van der Waals surface area contributed by atoms with Crippen molar-refractivity contribution in [3.8, 4) is 11.1 Å². The molecule has 0 unspecified atom stereocenters. The Bertz CT molecular complexity index is 956. The highest BCUT2D eigenvalue weighted by atomic mass is 35.5. The Kier molecular flexibility index (Phi) is 3.65. The lowest BCUT2D eigenvalue weighted by molar-refractivity contribution is -0.117. The third-order valence-electron chi connectivity index (χ3n) is 4.00. The van der Waals surface area contributed by atoms with Crippen LogP contribution in [-0.2, 0) is 4.79 Å². The van der Waals surface area contributed by atoms with Crippen LogP contribution in [0.4, 0.5) is 10.2 Å². The molecular formula is C18H13ClFN3O. The molecule has 0 saturated heterocycles.